The maximum Gasteiger partial charge on any atom is 0.293 e. The number of methoxy groups -OCH3 is 1. The summed E-state index contributed by atoms with van der Waals surface area (Å²) in [6.45, 7) is 23.0. The van der Waals surface area contributed by atoms with E-state index in [0.717, 1.165) is 72.2 Å². The number of benzene rings is 1. The minimum atomic E-state index is -2.85. The SMILES string of the molecule is C=CC(=O)N1CCCC1.CC.CCn1c(-c2cccnc2C(C)OC)c(CC(C)(C)COC=O)c2cc(-c3cc(C(F)F)cc(CC(NC(=O)C(C(C)C)N(C)C=O)C(=O)N4CCCCN4)n3)ccc21. The largest absolute Gasteiger partial charge is 0.467 e. The summed E-state index contributed by atoms with van der Waals surface area (Å²) in [7, 11) is 3.13. The van der Waals surface area contributed by atoms with Crippen LogP contribution in [0, 0.1) is 11.3 Å². The van der Waals surface area contributed by atoms with Crippen molar-refractivity contribution in [3.63, 3.8) is 0 Å². The third-order valence-electron chi connectivity index (χ3n) is 12.5. The number of ether oxygens (including phenoxy) is 2. The smallest absolute Gasteiger partial charge is 0.293 e. The summed E-state index contributed by atoms with van der Waals surface area (Å²) in [4.78, 5) is 74.2. The predicted octanol–water partition coefficient (Wildman–Crippen LogP) is 8.26. The minimum absolute atomic E-state index is 0.0764. The van der Waals surface area contributed by atoms with Gasteiger partial charge >= 0.3 is 0 Å². The van der Waals surface area contributed by atoms with Crippen LogP contribution in [-0.2, 0) is 52.8 Å². The summed E-state index contributed by atoms with van der Waals surface area (Å²) >= 11 is 0. The number of aromatic nitrogens is 3. The number of pyridine rings is 2. The van der Waals surface area contributed by atoms with Crippen molar-refractivity contribution < 1.29 is 42.2 Å². The highest BCUT2D eigenvalue weighted by atomic mass is 19.3. The van der Waals surface area contributed by atoms with Crippen LogP contribution in [0.5, 0.6) is 0 Å². The number of aryl methyl sites for hydroxylation is 1. The van der Waals surface area contributed by atoms with E-state index in [1.54, 1.807) is 27.2 Å². The van der Waals surface area contributed by atoms with Crippen molar-refractivity contribution in [1.29, 1.82) is 0 Å². The molecule has 0 radical (unpaired) electrons. The number of hydrazine groups is 1. The molecule has 3 atom stereocenters. The van der Waals surface area contributed by atoms with Gasteiger partial charge in [-0.2, -0.15) is 0 Å². The molecule has 2 aliphatic heterocycles. The molecule has 6 rings (SSSR count). The predicted molar refractivity (Wildman–Crippen MR) is 268 cm³/mol. The summed E-state index contributed by atoms with van der Waals surface area (Å²) in [6.07, 6.45) is 4.73. The molecule has 5 heterocycles. The van der Waals surface area contributed by atoms with Crippen molar-refractivity contribution in [2.45, 2.75) is 125 Å². The molecule has 382 valence electrons. The number of likely N-dealkylation sites (tertiary alicyclic amines) is 1. The van der Waals surface area contributed by atoms with E-state index in [4.69, 9.17) is 19.4 Å². The maximum absolute atomic E-state index is 14.7. The standard InChI is InChI=1S/C44H57F2N7O6.C7H11NO.C2H6/c1-9-52-37-15-14-29(20-33(37)34(23-44(5,6)24-59-26-55)40(52)32-13-12-16-47-38(32)28(4)58-8)35-21-30(41(45)46)19-31(49-35)22-36(43(57)53-18-11-10-17-48-53)50-42(56)39(27(2)3)51(7)25-54;1-2-7(9)8-5-3-4-6-8;1-2/h12-16,19-21,25-28,36,39,41,48H,9-11,17-18,22-24H2,1-8H3,(H,50,56);2H,1,3-6H2;1-2H3. The molecule has 0 spiro atoms. The van der Waals surface area contributed by atoms with Gasteiger partial charge in [-0.3, -0.25) is 38.9 Å². The molecule has 0 aliphatic carbocycles. The second-order valence-corrected chi connectivity index (χ2v) is 18.5. The first-order valence-electron chi connectivity index (χ1n) is 24.4. The van der Waals surface area contributed by atoms with Crippen LogP contribution in [0.2, 0.25) is 0 Å². The van der Waals surface area contributed by atoms with Crippen LogP contribution in [0.1, 0.15) is 116 Å². The first kappa shape index (κ1) is 56.5. The second-order valence-electron chi connectivity index (χ2n) is 18.5. The number of alkyl halides is 2. The monoisotopic (exact) mass is 973 g/mol. The molecule has 3 aromatic heterocycles. The fraction of sp³-hybridized carbons (Fsp3) is 0.528. The number of hydrogen-bond donors (Lipinski definition) is 2. The van der Waals surface area contributed by atoms with Gasteiger partial charge in [0.15, 0.2) is 0 Å². The first-order chi connectivity index (χ1) is 33.5. The summed E-state index contributed by atoms with van der Waals surface area (Å²) in [5.41, 5.74) is 7.73. The quantitative estimate of drug-likeness (QED) is 0.0650. The highest BCUT2D eigenvalue weighted by molar-refractivity contribution is 5.95. The summed E-state index contributed by atoms with van der Waals surface area (Å²) in [5.74, 6) is -1.17. The Labute approximate surface area is 412 Å². The lowest BCUT2D eigenvalue weighted by molar-refractivity contribution is -0.142. The van der Waals surface area contributed by atoms with E-state index in [1.165, 1.54) is 35.2 Å². The van der Waals surface area contributed by atoms with E-state index in [1.807, 2.05) is 76.8 Å². The number of carbonyl (C=O) groups excluding carboxylic acids is 5. The normalized spacial score (nSPS) is 15.0. The molecule has 2 aliphatic rings. The van der Waals surface area contributed by atoms with Gasteiger partial charge in [0.1, 0.15) is 12.1 Å². The van der Waals surface area contributed by atoms with Gasteiger partial charge in [0.05, 0.1) is 29.8 Å². The van der Waals surface area contributed by atoms with Crippen molar-refractivity contribution in [3.05, 3.63) is 83.8 Å². The Morgan fingerprint density at radius 1 is 1.01 bits per heavy atom. The molecule has 15 nitrogen and oxygen atoms in total. The molecule has 1 aromatic carbocycles. The molecule has 4 amide bonds. The third-order valence-corrected chi connectivity index (χ3v) is 12.5. The van der Waals surface area contributed by atoms with Crippen LogP contribution in [0.4, 0.5) is 8.78 Å². The van der Waals surface area contributed by atoms with Crippen LogP contribution in [0.25, 0.3) is 33.4 Å². The molecule has 0 saturated carbocycles. The van der Waals surface area contributed by atoms with E-state index in [2.05, 4.69) is 21.9 Å². The zero-order valence-electron chi connectivity index (χ0n) is 42.7. The lowest BCUT2D eigenvalue weighted by Gasteiger charge is -2.33. The Morgan fingerprint density at radius 2 is 1.71 bits per heavy atom. The van der Waals surface area contributed by atoms with Gasteiger partial charge in [-0.1, -0.05) is 54.2 Å². The molecule has 2 fully saturated rings. The van der Waals surface area contributed by atoms with Crippen molar-refractivity contribution in [2.24, 2.45) is 11.3 Å². The Morgan fingerprint density at radius 3 is 2.30 bits per heavy atom. The Kier molecular flexibility index (Phi) is 21.6. The fourth-order valence-corrected chi connectivity index (χ4v) is 9.05. The van der Waals surface area contributed by atoms with Crippen LogP contribution in [0.3, 0.4) is 0 Å². The number of carbonyl (C=O) groups is 5. The number of nitrogens with one attached hydrogen (secondary N) is 2. The Balaban J connectivity index is 0.000000860. The van der Waals surface area contributed by atoms with E-state index in [-0.39, 0.29) is 47.9 Å². The average Bonchev–Trinajstić information content (AvgIpc) is 4.02. The zero-order chi connectivity index (χ0) is 51.7. The van der Waals surface area contributed by atoms with E-state index < -0.39 is 35.7 Å². The van der Waals surface area contributed by atoms with Gasteiger partial charge < -0.3 is 29.2 Å². The fourth-order valence-electron chi connectivity index (χ4n) is 9.05. The number of rotatable bonds is 20. The van der Waals surface area contributed by atoms with E-state index in [0.29, 0.717) is 44.5 Å². The van der Waals surface area contributed by atoms with Gasteiger partial charge in [-0.05, 0) is 99.9 Å². The van der Waals surface area contributed by atoms with Gasteiger partial charge in [-0.25, -0.2) is 14.2 Å². The lowest BCUT2D eigenvalue weighted by atomic mass is 9.84. The topological polar surface area (TPSA) is 168 Å². The summed E-state index contributed by atoms with van der Waals surface area (Å²) < 4.78 is 42.6. The van der Waals surface area contributed by atoms with Crippen LogP contribution in [-0.4, -0.2) is 119 Å². The van der Waals surface area contributed by atoms with Crippen LogP contribution in [0.15, 0.2) is 61.3 Å². The Bertz CT molecular complexity index is 2390. The molecule has 17 heteroatoms. The number of halogens is 2. The minimum Gasteiger partial charge on any atom is -0.467 e. The average molecular weight is 973 g/mol. The third kappa shape index (κ3) is 14.3. The van der Waals surface area contributed by atoms with Gasteiger partial charge in [0.2, 0.25) is 18.2 Å². The highest BCUT2D eigenvalue weighted by Gasteiger charge is 2.34. The molecule has 3 unspecified atom stereocenters. The number of amides is 4. The summed E-state index contributed by atoms with van der Waals surface area (Å²) in [6, 6.07) is 10.2. The van der Waals surface area contributed by atoms with Gasteiger partial charge in [0.25, 0.3) is 18.8 Å². The molecule has 2 saturated heterocycles. The van der Waals surface area contributed by atoms with Crippen LogP contribution >= 0.6 is 0 Å². The lowest BCUT2D eigenvalue weighted by Crippen LogP contribution is -2.59. The molecule has 4 aromatic rings. The van der Waals surface area contributed by atoms with E-state index >= 15 is 0 Å². The zero-order valence-corrected chi connectivity index (χ0v) is 42.7. The molecular formula is C53H74F2N8O7. The first-order valence-corrected chi connectivity index (χ1v) is 24.4. The van der Waals surface area contributed by atoms with Gasteiger partial charge in [0, 0.05) is 98.2 Å². The van der Waals surface area contributed by atoms with E-state index in [9.17, 15) is 32.8 Å². The van der Waals surface area contributed by atoms with Crippen LogP contribution < -0.4 is 10.7 Å². The molecule has 0 bridgehead atoms. The van der Waals surface area contributed by atoms with Crippen molar-refractivity contribution >= 4 is 41.5 Å². The summed E-state index contributed by atoms with van der Waals surface area (Å²) in [5, 5.41) is 5.15. The van der Waals surface area contributed by atoms with Crippen molar-refractivity contribution in [3.8, 4) is 22.5 Å². The Hall–Kier alpha value is -6.07. The maximum atomic E-state index is 14.7. The van der Waals surface area contributed by atoms with Crippen molar-refractivity contribution in [2.75, 3.05) is 46.9 Å². The molecule has 70 heavy (non-hydrogen) atoms. The number of likely N-dealkylation sites (N-methyl/N-ethyl adjacent to an activating group) is 1. The van der Waals surface area contributed by atoms with Gasteiger partial charge in [-0.15, -0.1) is 0 Å². The molecular weight excluding hydrogens is 899 g/mol. The highest BCUT2D eigenvalue weighted by Crippen LogP contribution is 2.42. The number of nitrogens with zero attached hydrogens (tertiary/aromatic N) is 6. The second kappa shape index (κ2) is 26.8. The molecule has 2 N–H and O–H groups in total. The van der Waals surface area contributed by atoms with Crippen molar-refractivity contribution in [1.82, 2.24) is 40.1 Å². The number of fused-ring (bicyclic) bond motifs is 1. The number of hydrogen-bond acceptors (Lipinski definition) is 10.